The Morgan fingerprint density at radius 3 is 2.25 bits per heavy atom. The zero-order valence-corrected chi connectivity index (χ0v) is 9.10. The molecule has 12 heavy (non-hydrogen) atoms. The van der Waals surface area contributed by atoms with Gasteiger partial charge >= 0.3 is 5.97 Å². The van der Waals surface area contributed by atoms with E-state index in [0.29, 0.717) is 6.61 Å². The Labute approximate surface area is 80.6 Å². The van der Waals surface area contributed by atoms with Crippen molar-refractivity contribution in [3.8, 4) is 0 Å². The van der Waals surface area contributed by atoms with Gasteiger partial charge in [0.25, 0.3) is 0 Å². The van der Waals surface area contributed by atoms with E-state index in [4.69, 9.17) is 0 Å². The number of carbonyl (C=O) groups is 2. The number of rotatable bonds is 4. The lowest BCUT2D eigenvalue weighted by molar-refractivity contribution is -0.145. The summed E-state index contributed by atoms with van der Waals surface area (Å²) in [6.45, 7) is 5.43. The first-order valence-corrected chi connectivity index (χ1v) is 4.55. The van der Waals surface area contributed by atoms with E-state index in [2.05, 4.69) is 20.7 Å². The van der Waals surface area contributed by atoms with Gasteiger partial charge in [-0.15, -0.1) is 0 Å². The van der Waals surface area contributed by atoms with Crippen molar-refractivity contribution in [2.75, 3.05) is 6.61 Å². The largest absolute Gasteiger partial charge is 0.466 e. The first-order valence-electron chi connectivity index (χ1n) is 3.75. The molecule has 0 unspecified atom stereocenters. The molecule has 0 N–H and O–H groups in total. The number of ketones is 1. The highest BCUT2D eigenvalue weighted by molar-refractivity contribution is 9.10. The first kappa shape index (κ1) is 11.6. The summed E-state index contributed by atoms with van der Waals surface area (Å²) in [5.41, 5.74) is 0. The van der Waals surface area contributed by atoms with E-state index in [1.54, 1.807) is 20.8 Å². The molecule has 0 bridgehead atoms. The Morgan fingerprint density at radius 2 is 1.92 bits per heavy atom. The van der Waals surface area contributed by atoms with E-state index in [1.807, 2.05) is 0 Å². The second kappa shape index (κ2) is 4.60. The molecule has 0 heterocycles. The van der Waals surface area contributed by atoms with Gasteiger partial charge in [0.05, 0.1) is 10.9 Å². The number of carbonyl (C=O) groups excluding carboxylic acids is 2. The van der Waals surface area contributed by atoms with E-state index in [0.717, 1.165) is 0 Å². The highest BCUT2D eigenvalue weighted by atomic mass is 79.9. The van der Waals surface area contributed by atoms with Crippen molar-refractivity contribution >= 4 is 27.7 Å². The number of esters is 1. The Balaban J connectivity index is 3.94. The minimum atomic E-state index is -0.639. The molecule has 70 valence electrons. The lowest BCUT2D eigenvalue weighted by atomic mass is 10.1. The molecule has 0 aliphatic heterocycles. The number of ether oxygens (including phenoxy) is 1. The fourth-order valence-electron chi connectivity index (χ4n) is 0.553. The fourth-order valence-corrected chi connectivity index (χ4v) is 0.693. The minimum Gasteiger partial charge on any atom is -0.466 e. The van der Waals surface area contributed by atoms with Gasteiger partial charge in [0.15, 0.2) is 5.78 Å². The quantitative estimate of drug-likeness (QED) is 0.424. The maximum absolute atomic E-state index is 11.2. The summed E-state index contributed by atoms with van der Waals surface area (Å²) in [6, 6.07) is 0. The van der Waals surface area contributed by atoms with E-state index in [-0.39, 0.29) is 12.2 Å². The molecule has 0 aliphatic carbocycles. The lowest BCUT2D eigenvalue weighted by Gasteiger charge is -2.13. The van der Waals surface area contributed by atoms with E-state index in [9.17, 15) is 9.59 Å². The highest BCUT2D eigenvalue weighted by Crippen LogP contribution is 2.18. The summed E-state index contributed by atoms with van der Waals surface area (Å²) in [7, 11) is 0. The predicted octanol–water partition coefficient (Wildman–Crippen LogP) is 1.68. The van der Waals surface area contributed by atoms with Gasteiger partial charge in [-0.3, -0.25) is 9.59 Å². The van der Waals surface area contributed by atoms with Crippen molar-refractivity contribution in [3.63, 3.8) is 0 Å². The standard InChI is InChI=1S/C8H13BrO3/c1-4-12-7(11)5-6(10)8(2,3)9/h4-5H2,1-3H3. The molecule has 0 fully saturated rings. The number of hydrogen-bond donors (Lipinski definition) is 0. The van der Waals surface area contributed by atoms with Gasteiger partial charge in [-0.2, -0.15) is 0 Å². The molecule has 0 radical (unpaired) electrons. The number of alkyl halides is 1. The van der Waals surface area contributed by atoms with Crippen molar-refractivity contribution in [2.24, 2.45) is 0 Å². The molecule has 0 aliphatic rings. The predicted molar refractivity (Wildman–Crippen MR) is 49.3 cm³/mol. The summed E-state index contributed by atoms with van der Waals surface area (Å²) in [5, 5.41) is 0. The van der Waals surface area contributed by atoms with Gasteiger partial charge in [-0.25, -0.2) is 0 Å². The molecule has 4 heteroatoms. The van der Waals surface area contributed by atoms with E-state index < -0.39 is 10.3 Å². The van der Waals surface area contributed by atoms with Crippen LogP contribution in [0.2, 0.25) is 0 Å². The molecule has 0 aromatic rings. The van der Waals surface area contributed by atoms with E-state index in [1.165, 1.54) is 0 Å². The zero-order valence-electron chi connectivity index (χ0n) is 7.52. The van der Waals surface area contributed by atoms with Crippen LogP contribution in [0.4, 0.5) is 0 Å². The number of Topliss-reactive ketones (excluding diaryl/α,β-unsaturated/α-hetero) is 1. The summed E-state index contributed by atoms with van der Waals surface area (Å²) < 4.78 is 3.99. The van der Waals surface area contributed by atoms with Crippen molar-refractivity contribution in [3.05, 3.63) is 0 Å². The van der Waals surface area contributed by atoms with Crippen molar-refractivity contribution < 1.29 is 14.3 Å². The average Bonchev–Trinajstić information content (AvgIpc) is 1.85. The third-order valence-corrected chi connectivity index (χ3v) is 1.72. The summed E-state index contributed by atoms with van der Waals surface area (Å²) in [5.74, 6) is -0.629. The number of hydrogen-bond acceptors (Lipinski definition) is 3. The summed E-state index contributed by atoms with van der Waals surface area (Å²) in [6.07, 6.45) is -0.161. The molecule has 3 nitrogen and oxygen atoms in total. The SMILES string of the molecule is CCOC(=O)CC(=O)C(C)(C)Br. The summed E-state index contributed by atoms with van der Waals surface area (Å²) >= 11 is 3.17. The van der Waals surface area contributed by atoms with Gasteiger partial charge in [0.2, 0.25) is 0 Å². The van der Waals surface area contributed by atoms with Crippen LogP contribution in [0.3, 0.4) is 0 Å². The smallest absolute Gasteiger partial charge is 0.313 e. The maximum atomic E-state index is 11.2. The molecule has 0 atom stereocenters. The Bertz CT molecular complexity index is 181. The van der Waals surface area contributed by atoms with Crippen LogP contribution in [0, 0.1) is 0 Å². The van der Waals surface area contributed by atoms with Gasteiger partial charge < -0.3 is 4.74 Å². The normalized spacial score (nSPS) is 11.0. The monoisotopic (exact) mass is 236 g/mol. The Morgan fingerprint density at radius 1 is 1.42 bits per heavy atom. The molecule has 0 spiro atoms. The van der Waals surface area contributed by atoms with Crippen molar-refractivity contribution in [2.45, 2.75) is 31.5 Å². The maximum Gasteiger partial charge on any atom is 0.313 e. The molecule has 0 saturated carbocycles. The van der Waals surface area contributed by atoms with Crippen LogP contribution >= 0.6 is 15.9 Å². The van der Waals surface area contributed by atoms with Crippen LogP contribution in [0.5, 0.6) is 0 Å². The van der Waals surface area contributed by atoms with Crippen LogP contribution in [0.15, 0.2) is 0 Å². The van der Waals surface area contributed by atoms with Gasteiger partial charge in [-0.05, 0) is 20.8 Å². The van der Waals surface area contributed by atoms with Crippen LogP contribution in [-0.4, -0.2) is 22.7 Å². The third kappa shape index (κ3) is 4.49. The molecule has 0 aromatic heterocycles. The van der Waals surface area contributed by atoms with Crippen LogP contribution < -0.4 is 0 Å². The Hall–Kier alpha value is -0.380. The zero-order chi connectivity index (χ0) is 9.78. The summed E-state index contributed by atoms with van der Waals surface area (Å²) in [4.78, 5) is 22.0. The highest BCUT2D eigenvalue weighted by Gasteiger charge is 2.25. The van der Waals surface area contributed by atoms with Gasteiger partial charge in [0, 0.05) is 0 Å². The molecular formula is C8H13BrO3. The third-order valence-electron chi connectivity index (χ3n) is 1.27. The molecule has 0 rings (SSSR count). The van der Waals surface area contributed by atoms with Crippen LogP contribution in [0.25, 0.3) is 0 Å². The Kier molecular flexibility index (Phi) is 4.45. The topological polar surface area (TPSA) is 43.4 Å². The van der Waals surface area contributed by atoms with Crippen LogP contribution in [0.1, 0.15) is 27.2 Å². The van der Waals surface area contributed by atoms with E-state index >= 15 is 0 Å². The van der Waals surface area contributed by atoms with Crippen molar-refractivity contribution in [1.29, 1.82) is 0 Å². The molecule has 0 aromatic carbocycles. The fraction of sp³-hybridized carbons (Fsp3) is 0.750. The first-order chi connectivity index (χ1) is 5.38. The molecule has 0 saturated heterocycles. The molecular weight excluding hydrogens is 224 g/mol. The second-order valence-corrected chi connectivity index (χ2v) is 4.86. The van der Waals surface area contributed by atoms with Gasteiger partial charge in [-0.1, -0.05) is 15.9 Å². The van der Waals surface area contributed by atoms with Gasteiger partial charge in [0.1, 0.15) is 6.42 Å². The van der Waals surface area contributed by atoms with Crippen molar-refractivity contribution in [1.82, 2.24) is 0 Å². The number of halogens is 1. The lowest BCUT2D eigenvalue weighted by Crippen LogP contribution is -2.27. The molecule has 0 amide bonds. The minimum absolute atomic E-state index is 0.161. The average molecular weight is 237 g/mol. The second-order valence-electron chi connectivity index (χ2n) is 2.88. The van der Waals surface area contributed by atoms with Crippen LogP contribution in [-0.2, 0) is 14.3 Å².